The van der Waals surface area contributed by atoms with Crippen molar-refractivity contribution in [1.82, 2.24) is 0 Å². The van der Waals surface area contributed by atoms with Gasteiger partial charge < -0.3 is 0 Å². The fourth-order valence-corrected chi connectivity index (χ4v) is 2.42. The van der Waals surface area contributed by atoms with Gasteiger partial charge in [0.15, 0.2) is 15.3 Å². The molecule has 0 amide bonds. The third-order valence-corrected chi connectivity index (χ3v) is 3.63. The van der Waals surface area contributed by atoms with Crippen molar-refractivity contribution in [3.05, 3.63) is 0 Å². The molecule has 100 valence electrons. The predicted molar refractivity (Wildman–Crippen MR) is 44.5 cm³/mol. The maximum Gasteiger partial charge on any atom is 0.403 e. The van der Waals surface area contributed by atoms with E-state index in [0.717, 1.165) is 6.07 Å². The molecule has 0 aromatic rings. The lowest BCUT2D eigenvalue weighted by Gasteiger charge is -2.33. The second kappa shape index (κ2) is 4.36. The summed E-state index contributed by atoms with van der Waals surface area (Å²) in [5, 5.41) is 8.01. The van der Waals surface area contributed by atoms with Gasteiger partial charge in [0.2, 0.25) is 0 Å². The van der Waals surface area contributed by atoms with Crippen LogP contribution in [0.1, 0.15) is 6.92 Å². The van der Waals surface area contributed by atoms with Crippen LogP contribution in [0.5, 0.6) is 0 Å². The Balaban J connectivity index is 5.51. The van der Waals surface area contributed by atoms with Crippen LogP contribution >= 0.6 is 0 Å². The van der Waals surface area contributed by atoms with E-state index in [2.05, 4.69) is 0 Å². The summed E-state index contributed by atoms with van der Waals surface area (Å²) in [5.41, 5.74) is -4.38. The van der Waals surface area contributed by atoms with Crippen molar-refractivity contribution in [2.75, 3.05) is 11.5 Å². The van der Waals surface area contributed by atoms with E-state index in [4.69, 9.17) is 5.26 Å². The van der Waals surface area contributed by atoms with E-state index in [1.165, 1.54) is 0 Å². The Hall–Kier alpha value is -0.980. The van der Waals surface area contributed by atoms with Crippen LogP contribution in [0.25, 0.3) is 0 Å². The highest BCUT2D eigenvalue weighted by molar-refractivity contribution is 7.91. The van der Waals surface area contributed by atoms with Crippen molar-refractivity contribution in [2.45, 2.75) is 19.3 Å². The van der Waals surface area contributed by atoms with Gasteiger partial charge in [-0.05, 0) is 6.92 Å². The Morgan fingerprint density at radius 3 is 1.65 bits per heavy atom. The van der Waals surface area contributed by atoms with Gasteiger partial charge in [-0.3, -0.25) is 0 Å². The Kier molecular flexibility index (Phi) is 4.11. The highest BCUT2D eigenvalue weighted by Crippen LogP contribution is 2.50. The largest absolute Gasteiger partial charge is 0.403 e. The number of alkyl halides is 6. The number of sulfone groups is 1. The molecule has 0 rings (SSSR count). The number of nitrogens with zero attached hydrogens (tertiary/aromatic N) is 1. The molecule has 0 spiro atoms. The van der Waals surface area contributed by atoms with Crippen LogP contribution < -0.4 is 0 Å². The summed E-state index contributed by atoms with van der Waals surface area (Å²) in [7, 11) is -4.76. The summed E-state index contributed by atoms with van der Waals surface area (Å²) in [6.45, 7) is -0.248. The van der Waals surface area contributed by atoms with Gasteiger partial charge in [-0.2, -0.15) is 31.6 Å². The molecule has 0 aromatic heterocycles. The molecule has 0 bridgehead atoms. The van der Waals surface area contributed by atoms with Crippen molar-refractivity contribution in [3.63, 3.8) is 0 Å². The van der Waals surface area contributed by atoms with Crippen molar-refractivity contribution in [2.24, 2.45) is 5.41 Å². The molecular weight excluding hydrogens is 276 g/mol. The Bertz CT molecular complexity index is 401. The van der Waals surface area contributed by atoms with Gasteiger partial charge >= 0.3 is 12.4 Å². The van der Waals surface area contributed by atoms with Crippen LogP contribution in [0.2, 0.25) is 0 Å². The van der Waals surface area contributed by atoms with E-state index in [9.17, 15) is 34.8 Å². The summed E-state index contributed by atoms with van der Waals surface area (Å²) in [4.78, 5) is 0. The maximum absolute atomic E-state index is 12.3. The van der Waals surface area contributed by atoms with Gasteiger partial charge in [0.25, 0.3) is 0 Å². The fourth-order valence-electron chi connectivity index (χ4n) is 0.914. The molecule has 0 saturated heterocycles. The molecule has 0 N–H and O–H groups in total. The van der Waals surface area contributed by atoms with Gasteiger partial charge in [-0.1, -0.05) is 0 Å². The topological polar surface area (TPSA) is 57.9 Å². The van der Waals surface area contributed by atoms with E-state index in [0.29, 0.717) is 0 Å². The molecule has 0 radical (unpaired) electrons. The molecule has 0 fully saturated rings. The minimum Gasteiger partial charge on any atom is -0.228 e. The molecular formula is C7H7F6NO2S. The molecule has 0 heterocycles. The molecule has 0 aliphatic heterocycles. The molecule has 3 nitrogen and oxygen atoms in total. The fraction of sp³-hybridized carbons (Fsp3) is 0.857. The monoisotopic (exact) mass is 283 g/mol. The first-order valence-corrected chi connectivity index (χ1v) is 5.80. The van der Waals surface area contributed by atoms with E-state index < -0.39 is 39.1 Å². The third kappa shape index (κ3) is 3.49. The van der Waals surface area contributed by atoms with Gasteiger partial charge in [-0.25, -0.2) is 8.42 Å². The van der Waals surface area contributed by atoms with E-state index in [1.807, 2.05) is 0 Å². The Morgan fingerprint density at radius 1 is 1.06 bits per heavy atom. The van der Waals surface area contributed by atoms with E-state index in [-0.39, 0.29) is 6.92 Å². The first kappa shape index (κ1) is 16.0. The van der Waals surface area contributed by atoms with Crippen molar-refractivity contribution in [1.29, 1.82) is 5.26 Å². The summed E-state index contributed by atoms with van der Waals surface area (Å²) >= 11 is 0. The average Bonchev–Trinajstić information content (AvgIpc) is 1.97. The summed E-state index contributed by atoms with van der Waals surface area (Å²) < 4.78 is 95.7. The Labute approximate surface area is 92.9 Å². The van der Waals surface area contributed by atoms with Crippen LogP contribution in [-0.2, 0) is 9.84 Å². The number of nitriles is 1. The predicted octanol–water partition coefficient (Wildman–Crippen LogP) is 2.06. The molecule has 0 saturated carbocycles. The lowest BCUT2D eigenvalue weighted by atomic mass is 9.92. The summed E-state index contributed by atoms with van der Waals surface area (Å²) in [5.74, 6) is -3.59. The molecule has 0 aliphatic rings. The second-order valence-electron chi connectivity index (χ2n) is 3.52. The number of hydrogen-bond acceptors (Lipinski definition) is 3. The van der Waals surface area contributed by atoms with Crippen LogP contribution in [0.4, 0.5) is 26.3 Å². The summed E-state index contributed by atoms with van der Waals surface area (Å²) in [6, 6.07) is 1.01. The third-order valence-electron chi connectivity index (χ3n) is 2.04. The normalized spacial score (nSPS) is 14.5. The van der Waals surface area contributed by atoms with Crippen LogP contribution in [0.3, 0.4) is 0 Å². The summed E-state index contributed by atoms with van der Waals surface area (Å²) in [6.07, 6.45) is -11.5. The lowest BCUT2D eigenvalue weighted by Crippen LogP contribution is -2.52. The SMILES string of the molecule is CC(CS(=O)(=O)CC#N)(C(F)(F)F)C(F)(F)F. The van der Waals surface area contributed by atoms with Crippen molar-refractivity contribution in [3.8, 4) is 6.07 Å². The molecule has 10 heteroatoms. The zero-order valence-electron chi connectivity index (χ0n) is 8.35. The number of rotatable bonds is 3. The Morgan fingerprint density at radius 2 is 1.41 bits per heavy atom. The average molecular weight is 283 g/mol. The molecule has 0 unspecified atom stereocenters. The zero-order valence-corrected chi connectivity index (χ0v) is 9.17. The van der Waals surface area contributed by atoms with Gasteiger partial charge in [-0.15, -0.1) is 0 Å². The highest BCUT2D eigenvalue weighted by atomic mass is 32.2. The molecule has 0 aromatic carbocycles. The minimum atomic E-state index is -5.77. The quantitative estimate of drug-likeness (QED) is 0.745. The second-order valence-corrected chi connectivity index (χ2v) is 5.58. The standard InChI is InChI=1S/C7H7F6NO2S/c1-5(6(8,9)10,7(11,12)13)4-17(15,16)3-2-14/h3-4H2,1H3. The molecule has 0 aliphatic carbocycles. The van der Waals surface area contributed by atoms with E-state index in [1.54, 1.807) is 0 Å². The van der Waals surface area contributed by atoms with Crippen molar-refractivity contribution < 1.29 is 34.8 Å². The lowest BCUT2D eigenvalue weighted by molar-refractivity contribution is -0.325. The van der Waals surface area contributed by atoms with Gasteiger partial charge in [0, 0.05) is 0 Å². The van der Waals surface area contributed by atoms with Gasteiger partial charge in [0.1, 0.15) is 5.75 Å². The van der Waals surface area contributed by atoms with Crippen LogP contribution in [0.15, 0.2) is 0 Å². The van der Waals surface area contributed by atoms with E-state index >= 15 is 0 Å². The minimum absolute atomic E-state index is 0.248. The number of hydrogen-bond donors (Lipinski definition) is 0. The first-order chi connectivity index (χ1) is 7.27. The smallest absolute Gasteiger partial charge is 0.228 e. The first-order valence-electron chi connectivity index (χ1n) is 3.98. The van der Waals surface area contributed by atoms with Crippen LogP contribution in [-0.4, -0.2) is 32.3 Å². The zero-order chi connectivity index (χ0) is 14.1. The highest BCUT2D eigenvalue weighted by Gasteiger charge is 2.68. The molecule has 0 atom stereocenters. The molecule has 17 heavy (non-hydrogen) atoms. The maximum atomic E-state index is 12.3. The van der Waals surface area contributed by atoms with Crippen LogP contribution in [0, 0.1) is 16.7 Å². The van der Waals surface area contributed by atoms with Gasteiger partial charge in [0.05, 0.1) is 11.8 Å². The number of halogens is 6. The van der Waals surface area contributed by atoms with Crippen molar-refractivity contribution >= 4 is 9.84 Å².